The quantitative estimate of drug-likeness (QED) is 0.390. The summed E-state index contributed by atoms with van der Waals surface area (Å²) < 4.78 is 6.51. The molecule has 0 amide bonds. The van der Waals surface area contributed by atoms with Crippen LogP contribution in [0.15, 0.2) is 12.4 Å². The first-order valence-electron chi connectivity index (χ1n) is 4.36. The highest BCUT2D eigenvalue weighted by Gasteiger charge is 1.96. The molecule has 1 aromatic heterocycles. The number of carbonyl (C=O) groups excluding carboxylic acids is 1. The van der Waals surface area contributed by atoms with Crippen LogP contribution < -0.4 is 0 Å². The average Bonchev–Trinajstić information content (AvgIpc) is 2.52. The van der Waals surface area contributed by atoms with Gasteiger partial charge in [-0.15, -0.1) is 0 Å². The van der Waals surface area contributed by atoms with Crippen molar-refractivity contribution in [3.63, 3.8) is 0 Å². The van der Waals surface area contributed by atoms with E-state index in [0.29, 0.717) is 13.0 Å². The largest absolute Gasteiger partial charge is 0.456 e. The Morgan fingerprint density at radius 2 is 2.50 bits per heavy atom. The van der Waals surface area contributed by atoms with Gasteiger partial charge in [-0.25, -0.2) is 9.78 Å². The van der Waals surface area contributed by atoms with E-state index in [2.05, 4.69) is 21.6 Å². The van der Waals surface area contributed by atoms with E-state index in [4.69, 9.17) is 0 Å². The third kappa shape index (κ3) is 2.94. The first-order valence-corrected chi connectivity index (χ1v) is 4.36. The van der Waals surface area contributed by atoms with Gasteiger partial charge in [0, 0.05) is 25.4 Å². The normalized spacial score (nSPS) is 9.00. The number of aromatic nitrogens is 2. The van der Waals surface area contributed by atoms with Gasteiger partial charge in [-0.1, -0.05) is 5.92 Å². The average molecular weight is 192 g/mol. The monoisotopic (exact) mass is 192 g/mol. The lowest BCUT2D eigenvalue weighted by Gasteiger charge is -1.94. The molecule has 74 valence electrons. The smallest absolute Gasteiger partial charge is 0.384 e. The minimum Gasteiger partial charge on any atom is -0.456 e. The van der Waals surface area contributed by atoms with E-state index in [1.54, 1.807) is 13.1 Å². The molecule has 0 aromatic carbocycles. The first kappa shape index (κ1) is 10.3. The second-order valence-corrected chi connectivity index (χ2v) is 2.65. The fourth-order valence-corrected chi connectivity index (χ4v) is 0.929. The van der Waals surface area contributed by atoms with Gasteiger partial charge in [0.05, 0.1) is 13.0 Å². The molecule has 0 saturated carbocycles. The highest BCUT2D eigenvalue weighted by atomic mass is 16.5. The third-order valence-electron chi connectivity index (χ3n) is 1.63. The van der Waals surface area contributed by atoms with Gasteiger partial charge >= 0.3 is 5.97 Å². The fourth-order valence-electron chi connectivity index (χ4n) is 0.929. The summed E-state index contributed by atoms with van der Waals surface area (Å²) in [5.74, 6) is 5.44. The van der Waals surface area contributed by atoms with Gasteiger partial charge in [0.25, 0.3) is 0 Å². The number of hydrogen-bond donors (Lipinski definition) is 0. The van der Waals surface area contributed by atoms with Crippen molar-refractivity contribution in [1.82, 2.24) is 9.55 Å². The Morgan fingerprint density at radius 3 is 3.07 bits per heavy atom. The predicted molar refractivity (Wildman–Crippen MR) is 51.3 cm³/mol. The molecule has 0 aliphatic rings. The van der Waals surface area contributed by atoms with E-state index in [1.165, 1.54) is 0 Å². The maximum absolute atomic E-state index is 10.8. The van der Waals surface area contributed by atoms with Crippen molar-refractivity contribution in [2.75, 3.05) is 6.61 Å². The zero-order valence-electron chi connectivity index (χ0n) is 8.28. The number of aryl methyl sites for hydroxylation is 1. The Hall–Kier alpha value is -1.76. The molecule has 4 heteroatoms. The summed E-state index contributed by atoms with van der Waals surface area (Å²) in [6, 6.07) is 0. The summed E-state index contributed by atoms with van der Waals surface area (Å²) >= 11 is 0. The van der Waals surface area contributed by atoms with Crippen molar-refractivity contribution < 1.29 is 9.53 Å². The second kappa shape index (κ2) is 5.07. The molecule has 0 radical (unpaired) electrons. The van der Waals surface area contributed by atoms with Gasteiger partial charge in [-0.3, -0.25) is 0 Å². The van der Waals surface area contributed by atoms with E-state index < -0.39 is 5.97 Å². The van der Waals surface area contributed by atoms with Crippen molar-refractivity contribution in [2.24, 2.45) is 7.05 Å². The van der Waals surface area contributed by atoms with Gasteiger partial charge in [-0.05, 0) is 6.92 Å². The molecule has 0 unspecified atom stereocenters. The van der Waals surface area contributed by atoms with Crippen molar-refractivity contribution in [1.29, 1.82) is 0 Å². The lowest BCUT2D eigenvalue weighted by atomic mass is 10.4. The van der Waals surface area contributed by atoms with Crippen LogP contribution in [-0.4, -0.2) is 22.1 Å². The third-order valence-corrected chi connectivity index (χ3v) is 1.63. The standard InChI is InChI=1S/C10H12N2O2/c1-3-14-10(13)6-4-5-9-11-7-8-12(9)2/h7-8H,3,5H2,1-2H3. The minimum atomic E-state index is -0.485. The minimum absolute atomic E-state index is 0.357. The molecular formula is C10H12N2O2. The molecule has 1 aromatic rings. The number of imidazole rings is 1. The molecule has 14 heavy (non-hydrogen) atoms. The Morgan fingerprint density at radius 1 is 1.71 bits per heavy atom. The van der Waals surface area contributed by atoms with Crippen molar-refractivity contribution >= 4 is 5.97 Å². The molecular weight excluding hydrogens is 180 g/mol. The van der Waals surface area contributed by atoms with Gasteiger partial charge in [0.2, 0.25) is 0 Å². The van der Waals surface area contributed by atoms with Crippen LogP contribution >= 0.6 is 0 Å². The summed E-state index contributed by atoms with van der Waals surface area (Å²) in [4.78, 5) is 14.9. The van der Waals surface area contributed by atoms with Gasteiger partial charge in [0.15, 0.2) is 0 Å². The highest BCUT2D eigenvalue weighted by molar-refractivity contribution is 5.88. The molecule has 4 nitrogen and oxygen atoms in total. The number of carbonyl (C=O) groups is 1. The maximum atomic E-state index is 10.8. The van der Waals surface area contributed by atoms with Crippen LogP contribution in [-0.2, 0) is 23.0 Å². The van der Waals surface area contributed by atoms with Crippen LogP contribution in [0.1, 0.15) is 12.7 Å². The summed E-state index contributed by atoms with van der Waals surface area (Å²) in [6.07, 6.45) is 3.99. The Kier molecular flexibility index (Phi) is 3.74. The van der Waals surface area contributed by atoms with E-state index in [9.17, 15) is 4.79 Å². The number of rotatable bonds is 2. The van der Waals surface area contributed by atoms with Gasteiger partial charge < -0.3 is 9.30 Å². The van der Waals surface area contributed by atoms with Crippen LogP contribution in [0.2, 0.25) is 0 Å². The lowest BCUT2D eigenvalue weighted by molar-refractivity contribution is -0.136. The van der Waals surface area contributed by atoms with Crippen LogP contribution in [0.4, 0.5) is 0 Å². The molecule has 0 spiro atoms. The van der Waals surface area contributed by atoms with Crippen molar-refractivity contribution in [3.05, 3.63) is 18.2 Å². The molecule has 0 bridgehead atoms. The molecule has 0 aliphatic carbocycles. The molecule has 0 N–H and O–H groups in total. The van der Waals surface area contributed by atoms with E-state index in [0.717, 1.165) is 5.82 Å². The van der Waals surface area contributed by atoms with E-state index in [-0.39, 0.29) is 0 Å². The summed E-state index contributed by atoms with van der Waals surface area (Å²) in [5.41, 5.74) is 0. The number of ether oxygens (including phenoxy) is 1. The summed E-state index contributed by atoms with van der Waals surface area (Å²) in [6.45, 7) is 2.11. The molecule has 0 atom stereocenters. The first-order chi connectivity index (χ1) is 6.74. The highest BCUT2D eigenvalue weighted by Crippen LogP contribution is 1.93. The summed E-state index contributed by atoms with van der Waals surface area (Å²) in [5, 5.41) is 0. The Balaban J connectivity index is 2.48. The predicted octanol–water partition coefficient (Wildman–Crippen LogP) is 0.529. The lowest BCUT2D eigenvalue weighted by Crippen LogP contribution is -2.00. The second-order valence-electron chi connectivity index (χ2n) is 2.65. The zero-order valence-corrected chi connectivity index (χ0v) is 8.28. The zero-order chi connectivity index (χ0) is 10.4. The number of hydrogen-bond acceptors (Lipinski definition) is 3. The number of nitrogens with zero attached hydrogens (tertiary/aromatic N) is 2. The topological polar surface area (TPSA) is 44.1 Å². The summed E-state index contributed by atoms with van der Waals surface area (Å²) in [7, 11) is 1.88. The molecule has 0 saturated heterocycles. The Bertz CT molecular complexity index is 371. The molecule has 1 rings (SSSR count). The molecule has 1 heterocycles. The van der Waals surface area contributed by atoms with Crippen molar-refractivity contribution in [2.45, 2.75) is 13.3 Å². The number of esters is 1. The van der Waals surface area contributed by atoms with E-state index in [1.807, 2.05) is 17.8 Å². The van der Waals surface area contributed by atoms with Gasteiger partial charge in [-0.2, -0.15) is 0 Å². The SMILES string of the molecule is CCOC(=O)C#CCc1nccn1C. The van der Waals surface area contributed by atoms with Crippen LogP contribution in [0.5, 0.6) is 0 Å². The molecule has 0 aliphatic heterocycles. The van der Waals surface area contributed by atoms with Crippen LogP contribution in [0.25, 0.3) is 0 Å². The maximum Gasteiger partial charge on any atom is 0.384 e. The van der Waals surface area contributed by atoms with Crippen molar-refractivity contribution in [3.8, 4) is 11.8 Å². The Labute approximate surface area is 82.9 Å². The van der Waals surface area contributed by atoms with E-state index >= 15 is 0 Å². The van der Waals surface area contributed by atoms with Crippen LogP contribution in [0, 0.1) is 11.8 Å². The van der Waals surface area contributed by atoms with Crippen LogP contribution in [0.3, 0.4) is 0 Å². The molecule has 0 fully saturated rings. The van der Waals surface area contributed by atoms with Gasteiger partial charge in [0.1, 0.15) is 5.82 Å². The fraction of sp³-hybridized carbons (Fsp3) is 0.400.